The highest BCUT2D eigenvalue weighted by atomic mass is 32.2. The van der Waals surface area contributed by atoms with Crippen LogP contribution in [-0.4, -0.2) is 47.3 Å². The molecule has 0 atom stereocenters. The first-order valence-electron chi connectivity index (χ1n) is 10.6. The maximum absolute atomic E-state index is 13.3. The molecule has 1 aromatic rings. The third-order valence-electron chi connectivity index (χ3n) is 6.35. The molecule has 1 heterocycles. The van der Waals surface area contributed by atoms with Gasteiger partial charge < -0.3 is 14.7 Å². The first-order valence-corrected chi connectivity index (χ1v) is 12.6. The van der Waals surface area contributed by atoms with Crippen LogP contribution < -0.4 is 9.64 Å². The van der Waals surface area contributed by atoms with E-state index >= 15 is 0 Å². The maximum atomic E-state index is 13.3. The molecule has 3 aliphatic carbocycles. The summed E-state index contributed by atoms with van der Waals surface area (Å²) in [6.07, 6.45) is 12.6. The molecule has 5 rings (SSSR count). The Labute approximate surface area is 186 Å². The fraction of sp³-hybridized carbons (Fsp3) is 0.591. The van der Waals surface area contributed by atoms with E-state index in [0.29, 0.717) is 17.6 Å². The summed E-state index contributed by atoms with van der Waals surface area (Å²) >= 11 is 3.15. The molecule has 1 N–H and O–H groups in total. The second-order valence-corrected chi connectivity index (χ2v) is 10.5. The van der Waals surface area contributed by atoms with Crippen molar-refractivity contribution in [1.29, 1.82) is 0 Å². The number of ether oxygens (including phenoxy) is 1. The summed E-state index contributed by atoms with van der Waals surface area (Å²) < 4.78 is 20.8. The summed E-state index contributed by atoms with van der Waals surface area (Å²) in [7, 11) is 2.06. The summed E-state index contributed by atoms with van der Waals surface area (Å²) in [4.78, 5) is 15.1. The topological polar surface area (TPSA) is 53.0 Å². The van der Waals surface area contributed by atoms with Gasteiger partial charge in [0, 0.05) is 18.6 Å². The minimum absolute atomic E-state index is 0.369. The Hall–Kier alpha value is -1.38. The summed E-state index contributed by atoms with van der Waals surface area (Å²) in [6, 6.07) is 3.99. The van der Waals surface area contributed by atoms with Crippen LogP contribution in [0.25, 0.3) is 0 Å². The van der Waals surface area contributed by atoms with Crippen molar-refractivity contribution in [2.45, 2.75) is 60.3 Å². The molecular formula is C22H29FN2O3S2. The van der Waals surface area contributed by atoms with Crippen LogP contribution in [0.5, 0.6) is 5.75 Å². The number of halogens is 1. The zero-order valence-electron chi connectivity index (χ0n) is 17.5. The largest absolute Gasteiger partial charge is 0.476 e. The van der Waals surface area contributed by atoms with E-state index in [1.807, 2.05) is 12.3 Å². The number of fused-ring (bicyclic) bond motifs is 2. The van der Waals surface area contributed by atoms with E-state index in [1.54, 1.807) is 11.9 Å². The van der Waals surface area contributed by atoms with Crippen LogP contribution in [0.3, 0.4) is 0 Å². The molecule has 1 aliphatic heterocycles. The Morgan fingerprint density at radius 3 is 2.43 bits per heavy atom. The number of carboxylic acid groups (broad SMARTS) is 1. The van der Waals surface area contributed by atoms with Crippen molar-refractivity contribution in [3.63, 3.8) is 0 Å². The van der Waals surface area contributed by atoms with Crippen LogP contribution in [0.1, 0.15) is 44.9 Å². The van der Waals surface area contributed by atoms with E-state index in [-0.39, 0.29) is 0 Å². The molecule has 30 heavy (non-hydrogen) atoms. The quantitative estimate of drug-likeness (QED) is 0.272. The number of carboxylic acids is 1. The zero-order valence-corrected chi connectivity index (χ0v) is 19.2. The molecule has 1 aromatic carbocycles. The first-order chi connectivity index (χ1) is 14.4. The fourth-order valence-electron chi connectivity index (χ4n) is 4.27. The Morgan fingerprint density at radius 2 is 1.90 bits per heavy atom. The van der Waals surface area contributed by atoms with Crippen LogP contribution in [0.15, 0.2) is 34.0 Å². The minimum atomic E-state index is -1.63. The molecule has 5 nitrogen and oxygen atoms in total. The van der Waals surface area contributed by atoms with Crippen molar-refractivity contribution >= 4 is 35.4 Å². The van der Waals surface area contributed by atoms with Gasteiger partial charge in [-0.15, -0.1) is 11.8 Å². The Kier molecular flexibility index (Phi) is 6.55. The molecule has 0 radical (unpaired) electrons. The molecule has 0 unspecified atom stereocenters. The number of rotatable bonds is 5. The third-order valence-corrected chi connectivity index (χ3v) is 8.13. The molecule has 0 saturated heterocycles. The molecule has 0 aromatic heterocycles. The van der Waals surface area contributed by atoms with Gasteiger partial charge in [0.15, 0.2) is 0 Å². The maximum Gasteiger partial charge on any atom is 0.368 e. The van der Waals surface area contributed by atoms with Gasteiger partial charge in [0.05, 0.1) is 15.5 Å². The van der Waals surface area contributed by atoms with Crippen molar-refractivity contribution in [2.24, 2.45) is 5.92 Å². The van der Waals surface area contributed by atoms with Crippen molar-refractivity contribution in [2.75, 3.05) is 31.3 Å². The number of aliphatic carboxylic acids is 1. The van der Waals surface area contributed by atoms with E-state index < -0.39 is 11.8 Å². The van der Waals surface area contributed by atoms with E-state index in [9.17, 15) is 9.18 Å². The monoisotopic (exact) mass is 452 g/mol. The predicted molar refractivity (Wildman–Crippen MR) is 120 cm³/mol. The number of carbonyl (C=O) groups is 1. The van der Waals surface area contributed by atoms with Gasteiger partial charge in [0.25, 0.3) is 0 Å². The van der Waals surface area contributed by atoms with Crippen LogP contribution in [0.2, 0.25) is 0 Å². The number of benzene rings is 1. The number of hydrogen-bond acceptors (Lipinski definition) is 6. The molecule has 8 heteroatoms. The SMILES string of the molecule is C1CCCC1.CSc1cc2c(cc1O/C=C(\F)C(=O)O)SN(C)CCN2C12CC1C2. The lowest BCUT2D eigenvalue weighted by atomic mass is 10.2. The van der Waals surface area contributed by atoms with Gasteiger partial charge in [0.2, 0.25) is 5.83 Å². The lowest BCUT2D eigenvalue weighted by Gasteiger charge is -2.28. The predicted octanol–water partition coefficient (Wildman–Crippen LogP) is 5.55. The van der Waals surface area contributed by atoms with Crippen molar-refractivity contribution in [1.82, 2.24) is 4.31 Å². The van der Waals surface area contributed by atoms with Gasteiger partial charge in [0.1, 0.15) is 12.0 Å². The van der Waals surface area contributed by atoms with Crippen LogP contribution >= 0.6 is 23.7 Å². The van der Waals surface area contributed by atoms with Crippen molar-refractivity contribution in [3.05, 3.63) is 24.2 Å². The number of likely N-dealkylation sites (N-methyl/N-ethyl adjacent to an activating group) is 1. The normalized spacial score (nSPS) is 27.4. The zero-order chi connectivity index (χ0) is 21.3. The highest BCUT2D eigenvalue weighted by molar-refractivity contribution is 7.98. The smallest absolute Gasteiger partial charge is 0.368 e. The van der Waals surface area contributed by atoms with Crippen molar-refractivity contribution < 1.29 is 19.0 Å². The molecule has 3 saturated carbocycles. The summed E-state index contributed by atoms with van der Waals surface area (Å²) in [5.74, 6) is -1.62. The summed E-state index contributed by atoms with van der Waals surface area (Å²) in [5.41, 5.74) is 1.57. The van der Waals surface area contributed by atoms with Crippen LogP contribution in [-0.2, 0) is 4.79 Å². The lowest BCUT2D eigenvalue weighted by molar-refractivity contribution is -0.134. The van der Waals surface area contributed by atoms with Gasteiger partial charge >= 0.3 is 5.97 Å². The first kappa shape index (κ1) is 21.8. The van der Waals surface area contributed by atoms with Crippen LogP contribution in [0, 0.1) is 5.92 Å². The minimum Gasteiger partial charge on any atom is -0.476 e. The molecule has 0 spiro atoms. The summed E-state index contributed by atoms with van der Waals surface area (Å²) in [6.45, 7) is 1.96. The number of nitrogens with zero attached hydrogens (tertiary/aromatic N) is 2. The highest BCUT2D eigenvalue weighted by Gasteiger charge is 2.73. The fourth-order valence-corrected chi connectivity index (χ4v) is 5.74. The molecule has 0 amide bonds. The Bertz CT molecular complexity index is 830. The molecule has 164 valence electrons. The number of thioether (sulfide) groups is 1. The second kappa shape index (κ2) is 9.01. The van der Waals surface area contributed by atoms with Gasteiger partial charge in [-0.3, -0.25) is 0 Å². The molecule has 3 fully saturated rings. The number of hydrogen-bond donors (Lipinski definition) is 1. The van der Waals surface area contributed by atoms with Gasteiger partial charge in [-0.05, 0) is 56.1 Å². The van der Waals surface area contributed by atoms with Gasteiger partial charge in [-0.2, -0.15) is 4.39 Å². The third kappa shape index (κ3) is 4.60. The second-order valence-electron chi connectivity index (χ2n) is 8.43. The van der Waals surface area contributed by atoms with E-state index in [4.69, 9.17) is 9.84 Å². The van der Waals surface area contributed by atoms with E-state index in [2.05, 4.69) is 22.3 Å². The van der Waals surface area contributed by atoms with E-state index in [0.717, 1.165) is 28.8 Å². The Morgan fingerprint density at radius 1 is 1.27 bits per heavy atom. The van der Waals surface area contributed by atoms with E-state index in [1.165, 1.54) is 62.4 Å². The summed E-state index contributed by atoms with van der Waals surface area (Å²) in [5, 5.41) is 8.64. The average molecular weight is 453 g/mol. The molecule has 4 aliphatic rings. The number of anilines is 1. The average Bonchev–Trinajstić information content (AvgIpc) is 3.50. The van der Waals surface area contributed by atoms with Crippen LogP contribution in [0.4, 0.5) is 10.1 Å². The Balaban J connectivity index is 0.000000383. The van der Waals surface area contributed by atoms with Gasteiger partial charge in [-0.25, -0.2) is 9.10 Å². The molecular weight excluding hydrogens is 423 g/mol. The molecule has 0 bridgehead atoms. The van der Waals surface area contributed by atoms with Gasteiger partial charge in [-0.1, -0.05) is 32.1 Å². The lowest BCUT2D eigenvalue weighted by Crippen LogP contribution is -2.35. The highest BCUT2D eigenvalue weighted by Crippen LogP contribution is 2.71. The standard InChI is InChI=1S/C17H19FN2O3S2.C5H10/c1-19-3-4-20(17-7-10(17)8-17)12-5-15(24-2)13(6-14(12)25-19)23-9-11(18)16(21)22;1-2-4-5-3-1/h5-6,9-10H,3-4,7-8H2,1-2H3,(H,21,22);1-5H2/b11-9-;. The van der Waals surface area contributed by atoms with Crippen molar-refractivity contribution in [3.8, 4) is 5.75 Å².